The number of rotatable bonds is 4. The molecule has 112 valence electrons. The fourth-order valence-corrected chi connectivity index (χ4v) is 2.73. The van der Waals surface area contributed by atoms with E-state index in [0.717, 1.165) is 27.6 Å². The molecule has 2 aromatic heterocycles. The van der Waals surface area contributed by atoms with Crippen LogP contribution in [0, 0.1) is 0 Å². The van der Waals surface area contributed by atoms with Gasteiger partial charge in [0.05, 0.1) is 23.3 Å². The molecular formula is C16H15BrN4O. The number of carbonyl (C=O) groups excluding carboxylic acids is 1. The van der Waals surface area contributed by atoms with Gasteiger partial charge >= 0.3 is 0 Å². The van der Waals surface area contributed by atoms with Gasteiger partial charge in [0.2, 0.25) is 0 Å². The van der Waals surface area contributed by atoms with Crippen LogP contribution in [-0.4, -0.2) is 20.7 Å². The first kappa shape index (κ1) is 14.7. The largest absolute Gasteiger partial charge is 0.346 e. The summed E-state index contributed by atoms with van der Waals surface area (Å²) in [4.78, 5) is 16.2. The molecule has 0 saturated carbocycles. The molecular weight excluding hydrogens is 344 g/mol. The molecule has 3 aromatic rings. The molecule has 1 amide bonds. The maximum absolute atomic E-state index is 12.2. The molecule has 0 unspecified atom stereocenters. The average Bonchev–Trinajstić information content (AvgIpc) is 2.91. The molecule has 0 aliphatic rings. The van der Waals surface area contributed by atoms with E-state index < -0.39 is 0 Å². The fraction of sp³-hybridized carbons (Fsp3) is 0.188. The Morgan fingerprint density at radius 3 is 2.91 bits per heavy atom. The van der Waals surface area contributed by atoms with Crippen LogP contribution >= 0.6 is 15.9 Å². The molecule has 5 nitrogen and oxygen atoms in total. The van der Waals surface area contributed by atoms with Gasteiger partial charge in [-0.1, -0.05) is 18.2 Å². The Labute approximate surface area is 136 Å². The number of pyridine rings is 1. The van der Waals surface area contributed by atoms with Crippen LogP contribution < -0.4 is 5.32 Å². The predicted octanol–water partition coefficient (Wildman–Crippen LogP) is 3.14. The smallest absolute Gasteiger partial charge is 0.253 e. The second-order valence-electron chi connectivity index (χ2n) is 4.85. The molecule has 0 radical (unpaired) electrons. The number of benzene rings is 1. The van der Waals surface area contributed by atoms with E-state index in [1.54, 1.807) is 18.5 Å². The van der Waals surface area contributed by atoms with Crippen molar-refractivity contribution in [3.8, 4) is 0 Å². The standard InChI is InChI=1S/C16H15BrN4O/c1-2-21-15-6-4-3-5-13(15)14(20-21)10-19-16(22)11-7-12(17)9-18-8-11/h3-9H,2,10H2,1H3,(H,19,22). The molecule has 1 N–H and O–H groups in total. The second-order valence-corrected chi connectivity index (χ2v) is 5.77. The van der Waals surface area contributed by atoms with Gasteiger partial charge < -0.3 is 5.32 Å². The minimum Gasteiger partial charge on any atom is -0.346 e. The normalized spacial score (nSPS) is 10.8. The van der Waals surface area contributed by atoms with Crippen molar-refractivity contribution in [2.24, 2.45) is 0 Å². The lowest BCUT2D eigenvalue weighted by molar-refractivity contribution is 0.0950. The van der Waals surface area contributed by atoms with E-state index >= 15 is 0 Å². The van der Waals surface area contributed by atoms with Crippen molar-refractivity contribution >= 4 is 32.7 Å². The lowest BCUT2D eigenvalue weighted by atomic mass is 10.2. The highest BCUT2D eigenvalue weighted by Gasteiger charge is 2.11. The summed E-state index contributed by atoms with van der Waals surface area (Å²) in [6.07, 6.45) is 3.19. The lowest BCUT2D eigenvalue weighted by Crippen LogP contribution is -2.23. The Kier molecular flexibility index (Phi) is 4.20. The van der Waals surface area contributed by atoms with Crippen LogP contribution in [0.1, 0.15) is 23.0 Å². The van der Waals surface area contributed by atoms with Crippen molar-refractivity contribution in [3.63, 3.8) is 0 Å². The van der Waals surface area contributed by atoms with Crippen molar-refractivity contribution in [3.05, 3.63) is 58.5 Å². The number of nitrogens with zero attached hydrogens (tertiary/aromatic N) is 3. The zero-order valence-electron chi connectivity index (χ0n) is 12.1. The second kappa shape index (κ2) is 6.27. The predicted molar refractivity (Wildman–Crippen MR) is 88.5 cm³/mol. The average molecular weight is 359 g/mol. The number of para-hydroxylation sites is 1. The van der Waals surface area contributed by atoms with Gasteiger partial charge in [0.25, 0.3) is 5.91 Å². The van der Waals surface area contributed by atoms with Gasteiger partial charge in [0.1, 0.15) is 0 Å². The van der Waals surface area contributed by atoms with Gasteiger partial charge in [-0.3, -0.25) is 14.5 Å². The number of aryl methyl sites for hydroxylation is 1. The lowest BCUT2D eigenvalue weighted by Gasteiger charge is -2.03. The Bertz CT molecular complexity index is 828. The number of aromatic nitrogens is 3. The van der Waals surface area contributed by atoms with Gasteiger partial charge in [-0.2, -0.15) is 5.10 Å². The maximum Gasteiger partial charge on any atom is 0.253 e. The van der Waals surface area contributed by atoms with Crippen LogP contribution in [0.15, 0.2) is 47.2 Å². The van der Waals surface area contributed by atoms with E-state index in [4.69, 9.17) is 0 Å². The van der Waals surface area contributed by atoms with Crippen LogP contribution in [0.5, 0.6) is 0 Å². The monoisotopic (exact) mass is 358 g/mol. The van der Waals surface area contributed by atoms with Crippen molar-refractivity contribution < 1.29 is 4.79 Å². The first-order valence-electron chi connectivity index (χ1n) is 7.02. The van der Waals surface area contributed by atoms with E-state index in [-0.39, 0.29) is 5.91 Å². The third-order valence-corrected chi connectivity index (χ3v) is 3.85. The zero-order valence-corrected chi connectivity index (χ0v) is 13.7. The van der Waals surface area contributed by atoms with E-state index in [2.05, 4.69) is 38.3 Å². The number of fused-ring (bicyclic) bond motifs is 1. The van der Waals surface area contributed by atoms with E-state index in [1.807, 2.05) is 28.9 Å². The highest BCUT2D eigenvalue weighted by Crippen LogP contribution is 2.18. The van der Waals surface area contributed by atoms with Gasteiger partial charge in [-0.25, -0.2) is 0 Å². The van der Waals surface area contributed by atoms with Crippen molar-refractivity contribution in [1.29, 1.82) is 0 Å². The molecule has 0 fully saturated rings. The molecule has 0 bridgehead atoms. The summed E-state index contributed by atoms with van der Waals surface area (Å²) in [5.41, 5.74) is 2.47. The Hall–Kier alpha value is -2.21. The summed E-state index contributed by atoms with van der Waals surface area (Å²) in [5, 5.41) is 8.53. The molecule has 0 spiro atoms. The Morgan fingerprint density at radius 2 is 2.14 bits per heavy atom. The van der Waals surface area contributed by atoms with E-state index in [0.29, 0.717) is 12.1 Å². The van der Waals surface area contributed by atoms with Gasteiger partial charge in [0, 0.05) is 28.8 Å². The van der Waals surface area contributed by atoms with Gasteiger partial charge in [0.15, 0.2) is 0 Å². The van der Waals surface area contributed by atoms with Gasteiger partial charge in [-0.05, 0) is 35.0 Å². The number of halogens is 1. The van der Waals surface area contributed by atoms with Crippen LogP contribution in [0.2, 0.25) is 0 Å². The fourth-order valence-electron chi connectivity index (χ4n) is 2.37. The molecule has 0 aliphatic carbocycles. The van der Waals surface area contributed by atoms with E-state index in [1.165, 1.54) is 0 Å². The first-order chi connectivity index (χ1) is 10.7. The topological polar surface area (TPSA) is 59.8 Å². The molecule has 22 heavy (non-hydrogen) atoms. The zero-order chi connectivity index (χ0) is 15.5. The van der Waals surface area contributed by atoms with Crippen molar-refractivity contribution in [2.75, 3.05) is 0 Å². The molecule has 0 aliphatic heterocycles. The number of nitrogens with one attached hydrogen (secondary N) is 1. The number of hydrogen-bond donors (Lipinski definition) is 1. The summed E-state index contributed by atoms with van der Waals surface area (Å²) < 4.78 is 2.72. The summed E-state index contributed by atoms with van der Waals surface area (Å²) in [6, 6.07) is 9.77. The molecule has 6 heteroatoms. The first-order valence-corrected chi connectivity index (χ1v) is 7.81. The minimum absolute atomic E-state index is 0.163. The Morgan fingerprint density at radius 1 is 1.32 bits per heavy atom. The summed E-state index contributed by atoms with van der Waals surface area (Å²) in [6.45, 7) is 3.23. The summed E-state index contributed by atoms with van der Waals surface area (Å²) in [5.74, 6) is -0.163. The number of hydrogen-bond acceptors (Lipinski definition) is 3. The molecule has 0 saturated heterocycles. The van der Waals surface area contributed by atoms with Crippen LogP contribution in [-0.2, 0) is 13.1 Å². The van der Waals surface area contributed by atoms with Gasteiger partial charge in [-0.15, -0.1) is 0 Å². The number of amides is 1. The molecule has 1 aromatic carbocycles. The minimum atomic E-state index is -0.163. The van der Waals surface area contributed by atoms with Crippen molar-refractivity contribution in [1.82, 2.24) is 20.1 Å². The highest BCUT2D eigenvalue weighted by molar-refractivity contribution is 9.10. The summed E-state index contributed by atoms with van der Waals surface area (Å²) in [7, 11) is 0. The Balaban J connectivity index is 1.81. The molecule has 0 atom stereocenters. The summed E-state index contributed by atoms with van der Waals surface area (Å²) >= 11 is 3.31. The third kappa shape index (κ3) is 2.87. The molecule has 2 heterocycles. The molecule has 3 rings (SSSR count). The quantitative estimate of drug-likeness (QED) is 0.779. The SMILES string of the molecule is CCn1nc(CNC(=O)c2cncc(Br)c2)c2ccccc21. The van der Waals surface area contributed by atoms with Crippen LogP contribution in [0.4, 0.5) is 0 Å². The third-order valence-electron chi connectivity index (χ3n) is 3.42. The van der Waals surface area contributed by atoms with Crippen LogP contribution in [0.25, 0.3) is 10.9 Å². The highest BCUT2D eigenvalue weighted by atomic mass is 79.9. The van der Waals surface area contributed by atoms with Crippen molar-refractivity contribution in [2.45, 2.75) is 20.0 Å². The maximum atomic E-state index is 12.2. The van der Waals surface area contributed by atoms with E-state index in [9.17, 15) is 4.79 Å². The van der Waals surface area contributed by atoms with Crippen LogP contribution in [0.3, 0.4) is 0 Å². The number of carbonyl (C=O) groups is 1.